The Hall–Kier alpha value is -2.54. The van der Waals surface area contributed by atoms with Crippen LogP contribution < -0.4 is 4.90 Å². The molecule has 0 bridgehead atoms. The molecule has 2 aromatic heterocycles. The first-order valence-corrected chi connectivity index (χ1v) is 7.46. The van der Waals surface area contributed by atoms with E-state index in [-0.39, 0.29) is 11.9 Å². The molecule has 0 unspecified atom stereocenters. The minimum absolute atomic E-state index is 0.0519. The highest BCUT2D eigenvalue weighted by Gasteiger charge is 2.34. The Bertz CT molecular complexity index is 847. The molecule has 0 aliphatic carbocycles. The summed E-state index contributed by atoms with van der Waals surface area (Å²) in [6.45, 7) is 0.475. The summed E-state index contributed by atoms with van der Waals surface area (Å²) in [5.41, 5.74) is 1.70. The smallest absolute Gasteiger partial charge is 0.163 e. The molecule has 23 heavy (non-hydrogen) atoms. The largest absolute Gasteiger partial charge is 0.391 e. The highest BCUT2D eigenvalue weighted by atomic mass is 19.1. The van der Waals surface area contributed by atoms with E-state index in [0.717, 1.165) is 22.4 Å². The zero-order valence-corrected chi connectivity index (χ0v) is 12.6. The van der Waals surface area contributed by atoms with E-state index >= 15 is 0 Å². The quantitative estimate of drug-likeness (QED) is 0.781. The maximum atomic E-state index is 13.2. The van der Waals surface area contributed by atoms with Crippen LogP contribution in [0.1, 0.15) is 18.0 Å². The van der Waals surface area contributed by atoms with E-state index in [2.05, 4.69) is 15.1 Å². The fourth-order valence-electron chi connectivity index (χ4n) is 3.23. The van der Waals surface area contributed by atoms with Gasteiger partial charge in [-0.3, -0.25) is 4.68 Å². The van der Waals surface area contributed by atoms with Crippen LogP contribution in [0.25, 0.3) is 11.0 Å². The number of rotatable bonds is 2. The van der Waals surface area contributed by atoms with Crippen LogP contribution in [0.2, 0.25) is 0 Å². The number of aromatic nitrogens is 4. The van der Waals surface area contributed by atoms with E-state index in [0.29, 0.717) is 13.0 Å². The monoisotopic (exact) mass is 313 g/mol. The summed E-state index contributed by atoms with van der Waals surface area (Å²) in [5, 5.41) is 15.2. The molecule has 7 heteroatoms. The third-order valence-electron chi connectivity index (χ3n) is 4.31. The van der Waals surface area contributed by atoms with Crippen LogP contribution in [0.15, 0.2) is 36.8 Å². The summed E-state index contributed by atoms with van der Waals surface area (Å²) in [4.78, 5) is 10.7. The van der Waals surface area contributed by atoms with Crippen molar-refractivity contribution < 1.29 is 9.50 Å². The van der Waals surface area contributed by atoms with Crippen molar-refractivity contribution in [3.63, 3.8) is 0 Å². The van der Waals surface area contributed by atoms with Gasteiger partial charge in [-0.15, -0.1) is 0 Å². The van der Waals surface area contributed by atoms with Crippen molar-refractivity contribution >= 4 is 16.9 Å². The molecule has 1 aromatic carbocycles. The predicted molar refractivity (Wildman–Crippen MR) is 83.4 cm³/mol. The molecular formula is C16H16FN5O. The molecule has 0 saturated carbocycles. The van der Waals surface area contributed by atoms with Gasteiger partial charge >= 0.3 is 0 Å². The molecule has 1 saturated heterocycles. The van der Waals surface area contributed by atoms with Gasteiger partial charge < -0.3 is 10.0 Å². The minimum atomic E-state index is -0.452. The number of benzene rings is 1. The van der Waals surface area contributed by atoms with E-state index < -0.39 is 6.10 Å². The van der Waals surface area contributed by atoms with Gasteiger partial charge in [0.2, 0.25) is 0 Å². The van der Waals surface area contributed by atoms with Crippen molar-refractivity contribution in [3.8, 4) is 0 Å². The van der Waals surface area contributed by atoms with Crippen molar-refractivity contribution in [2.45, 2.75) is 18.6 Å². The van der Waals surface area contributed by atoms with Crippen LogP contribution in [0, 0.1) is 5.82 Å². The molecule has 3 aromatic rings. The molecule has 1 fully saturated rings. The fraction of sp³-hybridized carbons (Fsp3) is 0.312. The number of halogens is 1. The summed E-state index contributed by atoms with van der Waals surface area (Å²) in [5.74, 6) is 0.476. The number of aliphatic hydroxyl groups is 1. The van der Waals surface area contributed by atoms with E-state index in [1.54, 1.807) is 23.0 Å². The fourth-order valence-corrected chi connectivity index (χ4v) is 3.23. The molecule has 3 heterocycles. The average Bonchev–Trinajstić information content (AvgIpc) is 3.12. The van der Waals surface area contributed by atoms with Gasteiger partial charge in [0.1, 0.15) is 18.0 Å². The number of anilines is 1. The van der Waals surface area contributed by atoms with Gasteiger partial charge in [-0.1, -0.05) is 12.1 Å². The normalized spacial score (nSPS) is 21.3. The Morgan fingerprint density at radius 3 is 2.78 bits per heavy atom. The van der Waals surface area contributed by atoms with Crippen molar-refractivity contribution in [2.75, 3.05) is 11.4 Å². The molecule has 118 valence electrons. The molecule has 1 aliphatic rings. The summed E-state index contributed by atoms with van der Waals surface area (Å²) in [6, 6.07) is 6.35. The Balaban J connectivity index is 1.80. The van der Waals surface area contributed by atoms with E-state index in [9.17, 15) is 9.50 Å². The lowest BCUT2D eigenvalue weighted by molar-refractivity contribution is 0.194. The molecule has 0 radical (unpaired) electrons. The van der Waals surface area contributed by atoms with Gasteiger partial charge in [-0.2, -0.15) is 5.10 Å². The zero-order valence-electron chi connectivity index (χ0n) is 12.6. The molecule has 0 spiro atoms. The number of aryl methyl sites for hydroxylation is 1. The molecule has 4 rings (SSSR count). The van der Waals surface area contributed by atoms with Crippen molar-refractivity contribution in [1.82, 2.24) is 19.7 Å². The Morgan fingerprint density at radius 2 is 2.00 bits per heavy atom. The second-order valence-electron chi connectivity index (χ2n) is 5.81. The lowest BCUT2D eigenvalue weighted by Crippen LogP contribution is -2.25. The first-order valence-electron chi connectivity index (χ1n) is 7.46. The maximum Gasteiger partial charge on any atom is 0.163 e. The number of hydrogen-bond donors (Lipinski definition) is 1. The van der Waals surface area contributed by atoms with Crippen LogP contribution in [-0.4, -0.2) is 37.5 Å². The SMILES string of the molecule is Cn1ncc2c(N3C[C@H](O)C[C@@H]3c3ccc(F)cc3)ncnc21. The standard InChI is InChI=1S/C16H16FN5O/c1-21-15-13(7-20-21)16(19-9-18-15)22-8-12(23)6-14(22)10-2-4-11(17)5-3-10/h2-5,7,9,12,14,23H,6,8H2,1H3/t12-,14-/m1/s1. The molecular weight excluding hydrogens is 297 g/mol. The minimum Gasteiger partial charge on any atom is -0.391 e. The summed E-state index contributed by atoms with van der Waals surface area (Å²) in [6.07, 6.45) is 3.37. The lowest BCUT2D eigenvalue weighted by Gasteiger charge is -2.26. The molecule has 2 atom stereocenters. The summed E-state index contributed by atoms with van der Waals surface area (Å²) >= 11 is 0. The Labute approximate surface area is 132 Å². The molecule has 0 amide bonds. The van der Waals surface area contributed by atoms with Gasteiger partial charge in [0.25, 0.3) is 0 Å². The Morgan fingerprint density at radius 1 is 1.22 bits per heavy atom. The van der Waals surface area contributed by atoms with Crippen LogP contribution >= 0.6 is 0 Å². The van der Waals surface area contributed by atoms with Gasteiger partial charge in [-0.05, 0) is 24.1 Å². The van der Waals surface area contributed by atoms with Crippen LogP contribution in [0.3, 0.4) is 0 Å². The average molecular weight is 313 g/mol. The van der Waals surface area contributed by atoms with Crippen molar-refractivity contribution in [2.24, 2.45) is 7.05 Å². The third-order valence-corrected chi connectivity index (χ3v) is 4.31. The van der Waals surface area contributed by atoms with Gasteiger partial charge in [-0.25, -0.2) is 14.4 Å². The summed E-state index contributed by atoms with van der Waals surface area (Å²) < 4.78 is 14.9. The highest BCUT2D eigenvalue weighted by Crippen LogP contribution is 2.37. The molecule has 1 aliphatic heterocycles. The number of hydrogen-bond acceptors (Lipinski definition) is 5. The van der Waals surface area contributed by atoms with E-state index in [1.165, 1.54) is 18.5 Å². The molecule has 1 N–H and O–H groups in total. The number of β-amino-alcohol motifs (C(OH)–C–C–N with tert-alkyl or cyclic N) is 1. The van der Waals surface area contributed by atoms with Gasteiger partial charge in [0.05, 0.1) is 23.7 Å². The van der Waals surface area contributed by atoms with E-state index in [4.69, 9.17) is 0 Å². The lowest BCUT2D eigenvalue weighted by atomic mass is 10.0. The van der Waals surface area contributed by atoms with Gasteiger partial charge in [0, 0.05) is 13.6 Å². The summed E-state index contributed by atoms with van der Waals surface area (Å²) in [7, 11) is 1.83. The number of aliphatic hydroxyl groups excluding tert-OH is 1. The third kappa shape index (κ3) is 2.33. The maximum absolute atomic E-state index is 13.2. The second kappa shape index (κ2) is 5.27. The Kier molecular flexibility index (Phi) is 3.23. The second-order valence-corrected chi connectivity index (χ2v) is 5.81. The van der Waals surface area contributed by atoms with Crippen LogP contribution in [-0.2, 0) is 7.05 Å². The number of fused-ring (bicyclic) bond motifs is 1. The van der Waals surface area contributed by atoms with Crippen LogP contribution in [0.5, 0.6) is 0 Å². The van der Waals surface area contributed by atoms with Crippen LogP contribution in [0.4, 0.5) is 10.2 Å². The van der Waals surface area contributed by atoms with Gasteiger partial charge in [0.15, 0.2) is 5.65 Å². The van der Waals surface area contributed by atoms with Crippen molar-refractivity contribution in [3.05, 3.63) is 48.2 Å². The first-order chi connectivity index (χ1) is 11.1. The highest BCUT2D eigenvalue weighted by molar-refractivity contribution is 5.87. The first kappa shape index (κ1) is 14.1. The number of nitrogens with zero attached hydrogens (tertiary/aromatic N) is 5. The predicted octanol–water partition coefficient (Wildman–Crippen LogP) is 1.81. The zero-order chi connectivity index (χ0) is 16.0. The molecule has 6 nitrogen and oxygen atoms in total. The van der Waals surface area contributed by atoms with E-state index in [1.807, 2.05) is 11.9 Å². The topological polar surface area (TPSA) is 67.1 Å². The van der Waals surface area contributed by atoms with Crippen molar-refractivity contribution in [1.29, 1.82) is 0 Å².